The minimum absolute atomic E-state index is 0.0880. The fraction of sp³-hybridized carbons (Fsp3) is 0.429. The van der Waals surface area contributed by atoms with E-state index >= 15 is 0 Å². The monoisotopic (exact) mass is 176 g/mol. The van der Waals surface area contributed by atoms with Gasteiger partial charge >= 0.3 is 6.18 Å². The first-order chi connectivity index (χ1) is 5.52. The Hall–Kier alpha value is -1.13. The molecule has 5 heteroatoms. The van der Waals surface area contributed by atoms with E-state index in [1.54, 1.807) is 0 Å². The van der Waals surface area contributed by atoms with Gasteiger partial charge in [0.1, 0.15) is 6.33 Å². The zero-order valence-electron chi connectivity index (χ0n) is 6.34. The molecule has 0 aliphatic rings. The van der Waals surface area contributed by atoms with E-state index in [1.165, 1.54) is 18.7 Å². The van der Waals surface area contributed by atoms with Crippen LogP contribution in [0.3, 0.4) is 0 Å². The lowest BCUT2D eigenvalue weighted by Crippen LogP contribution is -2.17. The van der Waals surface area contributed by atoms with E-state index in [0.29, 0.717) is 0 Å². The van der Waals surface area contributed by atoms with Gasteiger partial charge in [0.05, 0.1) is 5.92 Å². The maximum absolute atomic E-state index is 12.1. The van der Waals surface area contributed by atoms with Crippen LogP contribution in [0.5, 0.6) is 0 Å². The summed E-state index contributed by atoms with van der Waals surface area (Å²) < 4.78 is 36.2. The second-order valence-corrected chi connectivity index (χ2v) is 2.44. The van der Waals surface area contributed by atoms with Gasteiger partial charge in [0.15, 0.2) is 0 Å². The minimum atomic E-state index is -4.22. The van der Waals surface area contributed by atoms with Crippen molar-refractivity contribution in [3.8, 4) is 0 Å². The molecule has 0 aliphatic carbocycles. The number of halogens is 3. The van der Waals surface area contributed by atoms with Crippen LogP contribution in [0.1, 0.15) is 18.4 Å². The highest BCUT2D eigenvalue weighted by molar-refractivity contribution is 5.10. The molecule has 1 aromatic rings. The third-order valence-corrected chi connectivity index (χ3v) is 1.57. The topological polar surface area (TPSA) is 25.8 Å². The molecule has 0 aliphatic heterocycles. The SMILES string of the molecule is C[C@@H](c1cncnc1)C(F)(F)F. The zero-order valence-corrected chi connectivity index (χ0v) is 6.34. The van der Waals surface area contributed by atoms with Gasteiger partial charge < -0.3 is 0 Å². The molecule has 0 radical (unpaired) electrons. The molecule has 0 unspecified atom stereocenters. The van der Waals surface area contributed by atoms with Gasteiger partial charge in [-0.1, -0.05) is 0 Å². The maximum Gasteiger partial charge on any atom is 0.395 e. The van der Waals surface area contributed by atoms with Crippen LogP contribution in [0.4, 0.5) is 13.2 Å². The van der Waals surface area contributed by atoms with Crippen molar-refractivity contribution >= 4 is 0 Å². The van der Waals surface area contributed by atoms with Crippen LogP contribution in [0.25, 0.3) is 0 Å². The van der Waals surface area contributed by atoms with Crippen LogP contribution in [0.15, 0.2) is 18.7 Å². The molecule has 0 saturated carbocycles. The Kier molecular flexibility index (Phi) is 2.30. The Morgan fingerprint density at radius 3 is 2.17 bits per heavy atom. The van der Waals surface area contributed by atoms with Crippen LogP contribution < -0.4 is 0 Å². The van der Waals surface area contributed by atoms with Gasteiger partial charge in [0, 0.05) is 18.0 Å². The average molecular weight is 176 g/mol. The van der Waals surface area contributed by atoms with Crippen molar-refractivity contribution in [2.24, 2.45) is 0 Å². The van der Waals surface area contributed by atoms with Gasteiger partial charge in [-0.05, 0) is 6.92 Å². The Morgan fingerprint density at radius 1 is 1.25 bits per heavy atom. The molecule has 66 valence electrons. The molecule has 12 heavy (non-hydrogen) atoms. The molecule has 0 spiro atoms. The summed E-state index contributed by atoms with van der Waals surface area (Å²) in [7, 11) is 0. The van der Waals surface area contributed by atoms with Crippen molar-refractivity contribution in [3.05, 3.63) is 24.3 Å². The summed E-state index contributed by atoms with van der Waals surface area (Å²) in [6.07, 6.45) is -0.673. The molecular formula is C7H7F3N2. The van der Waals surface area contributed by atoms with Gasteiger partial charge in [-0.15, -0.1) is 0 Å². The van der Waals surface area contributed by atoms with Crippen LogP contribution in [0, 0.1) is 0 Å². The van der Waals surface area contributed by atoms with E-state index in [-0.39, 0.29) is 5.56 Å². The number of aromatic nitrogens is 2. The molecule has 0 bridgehead atoms. The first kappa shape index (κ1) is 8.96. The second kappa shape index (κ2) is 3.08. The predicted octanol–water partition coefficient (Wildman–Crippen LogP) is 2.14. The summed E-state index contributed by atoms with van der Waals surface area (Å²) >= 11 is 0. The lowest BCUT2D eigenvalue weighted by atomic mass is 10.1. The quantitative estimate of drug-likeness (QED) is 0.655. The highest BCUT2D eigenvalue weighted by Gasteiger charge is 2.37. The summed E-state index contributed by atoms with van der Waals surface area (Å²) in [4.78, 5) is 7.02. The fourth-order valence-electron chi connectivity index (χ4n) is 0.723. The first-order valence-corrected chi connectivity index (χ1v) is 3.33. The third-order valence-electron chi connectivity index (χ3n) is 1.57. The highest BCUT2D eigenvalue weighted by atomic mass is 19.4. The number of nitrogens with zero attached hydrogens (tertiary/aromatic N) is 2. The van der Waals surface area contributed by atoms with Crippen LogP contribution in [0.2, 0.25) is 0 Å². The van der Waals surface area contributed by atoms with E-state index in [2.05, 4.69) is 9.97 Å². The van der Waals surface area contributed by atoms with Crippen LogP contribution in [-0.4, -0.2) is 16.1 Å². The summed E-state index contributed by atoms with van der Waals surface area (Å²) in [6.45, 7) is 1.08. The van der Waals surface area contributed by atoms with E-state index in [9.17, 15) is 13.2 Å². The molecule has 2 nitrogen and oxygen atoms in total. The number of hydrogen-bond acceptors (Lipinski definition) is 2. The molecular weight excluding hydrogens is 169 g/mol. The van der Waals surface area contributed by atoms with Gasteiger partial charge in [-0.2, -0.15) is 13.2 Å². The lowest BCUT2D eigenvalue weighted by molar-refractivity contribution is -0.146. The Balaban J connectivity index is 2.86. The third kappa shape index (κ3) is 1.93. The van der Waals surface area contributed by atoms with Crippen LogP contribution in [-0.2, 0) is 0 Å². The summed E-state index contributed by atoms with van der Waals surface area (Å²) in [5.74, 6) is -1.50. The van der Waals surface area contributed by atoms with Crippen molar-refractivity contribution < 1.29 is 13.2 Å². The highest BCUT2D eigenvalue weighted by Crippen LogP contribution is 2.33. The Bertz CT molecular complexity index is 245. The maximum atomic E-state index is 12.1. The number of rotatable bonds is 1. The molecule has 0 fully saturated rings. The summed E-state index contributed by atoms with van der Waals surface area (Å²) in [6, 6.07) is 0. The molecule has 0 aromatic carbocycles. The smallest absolute Gasteiger partial charge is 0.245 e. The number of alkyl halides is 3. The molecule has 1 rings (SSSR count). The minimum Gasteiger partial charge on any atom is -0.245 e. The van der Waals surface area contributed by atoms with E-state index in [0.717, 1.165) is 6.92 Å². The van der Waals surface area contributed by atoms with Crippen molar-refractivity contribution in [2.45, 2.75) is 19.0 Å². The molecule has 1 atom stereocenters. The standard InChI is InChI=1S/C7H7F3N2/c1-5(7(8,9)10)6-2-11-4-12-3-6/h2-5H,1H3/t5-/m0/s1. The molecule has 0 saturated heterocycles. The summed E-state index contributed by atoms with van der Waals surface area (Å²) in [5.41, 5.74) is 0.0880. The van der Waals surface area contributed by atoms with Crippen molar-refractivity contribution in [3.63, 3.8) is 0 Å². The van der Waals surface area contributed by atoms with Gasteiger partial charge in [0.25, 0.3) is 0 Å². The number of hydrogen-bond donors (Lipinski definition) is 0. The van der Waals surface area contributed by atoms with Crippen molar-refractivity contribution in [2.75, 3.05) is 0 Å². The van der Waals surface area contributed by atoms with Crippen molar-refractivity contribution in [1.82, 2.24) is 9.97 Å². The second-order valence-electron chi connectivity index (χ2n) is 2.44. The lowest BCUT2D eigenvalue weighted by Gasteiger charge is -2.14. The van der Waals surface area contributed by atoms with Gasteiger partial charge in [-0.3, -0.25) is 0 Å². The van der Waals surface area contributed by atoms with E-state index in [4.69, 9.17) is 0 Å². The van der Waals surface area contributed by atoms with Gasteiger partial charge in [-0.25, -0.2) is 9.97 Å². The largest absolute Gasteiger partial charge is 0.395 e. The fourth-order valence-corrected chi connectivity index (χ4v) is 0.723. The predicted molar refractivity (Wildman–Crippen MR) is 36.5 cm³/mol. The van der Waals surface area contributed by atoms with Crippen LogP contribution >= 0.6 is 0 Å². The van der Waals surface area contributed by atoms with Gasteiger partial charge in [0.2, 0.25) is 0 Å². The van der Waals surface area contributed by atoms with Crippen molar-refractivity contribution in [1.29, 1.82) is 0 Å². The summed E-state index contributed by atoms with van der Waals surface area (Å²) in [5, 5.41) is 0. The van der Waals surface area contributed by atoms with E-state index in [1.807, 2.05) is 0 Å². The molecule has 0 N–H and O–H groups in total. The van der Waals surface area contributed by atoms with E-state index < -0.39 is 12.1 Å². The molecule has 1 heterocycles. The zero-order chi connectivity index (χ0) is 9.19. The Morgan fingerprint density at radius 2 is 1.75 bits per heavy atom. The molecule has 0 amide bonds. The average Bonchev–Trinajstić information content (AvgIpc) is 2.03. The first-order valence-electron chi connectivity index (χ1n) is 3.33. The Labute approximate surface area is 67.5 Å². The normalized spacial score (nSPS) is 14.3. The molecule has 1 aromatic heterocycles.